The summed E-state index contributed by atoms with van der Waals surface area (Å²) >= 11 is 8.86. The van der Waals surface area contributed by atoms with Gasteiger partial charge >= 0.3 is 0 Å². The van der Waals surface area contributed by atoms with Crippen LogP contribution in [0, 0.1) is 0 Å². The summed E-state index contributed by atoms with van der Waals surface area (Å²) in [6.45, 7) is 1.78. The first-order valence-corrected chi connectivity index (χ1v) is 12.9. The first-order chi connectivity index (χ1) is 13.7. The van der Waals surface area contributed by atoms with E-state index >= 15 is 0 Å². The molecule has 0 unspecified atom stereocenters. The second kappa shape index (κ2) is 7.86. The summed E-state index contributed by atoms with van der Waals surface area (Å²) in [7, 11) is -3.07. The van der Waals surface area contributed by atoms with Gasteiger partial charge in [0.2, 0.25) is 5.91 Å². The number of nitrogens with one attached hydrogen (secondary N) is 1. The molecule has 3 heterocycles. The minimum atomic E-state index is -3.07. The molecule has 1 N–H and O–H groups in total. The van der Waals surface area contributed by atoms with Crippen LogP contribution in [0.1, 0.15) is 13.3 Å². The molecule has 1 amide bonds. The molecule has 1 saturated heterocycles. The zero-order valence-corrected chi connectivity index (χ0v) is 18.7. The molecule has 1 atom stereocenters. The molecule has 3 aromatic rings. The Kier molecular flexibility index (Phi) is 5.58. The number of fused-ring (bicyclic) bond motifs is 1. The van der Waals surface area contributed by atoms with Gasteiger partial charge in [0.1, 0.15) is 11.4 Å². The topological polar surface area (TPSA) is 89.0 Å². The van der Waals surface area contributed by atoms with Crippen molar-refractivity contribution in [2.45, 2.75) is 23.9 Å². The van der Waals surface area contributed by atoms with Crippen LogP contribution in [0.25, 0.3) is 20.7 Å². The Bertz CT molecular complexity index is 1180. The summed E-state index contributed by atoms with van der Waals surface area (Å²) in [5.41, 5.74) is 1.18. The maximum absolute atomic E-state index is 12.4. The van der Waals surface area contributed by atoms with E-state index in [2.05, 4.69) is 15.3 Å². The lowest BCUT2D eigenvalue weighted by atomic mass is 10.0. The van der Waals surface area contributed by atoms with Gasteiger partial charge in [-0.2, -0.15) is 0 Å². The number of carbonyl (C=O) groups is 1. The van der Waals surface area contributed by atoms with Crippen molar-refractivity contribution in [3.8, 4) is 10.4 Å². The third kappa shape index (κ3) is 4.74. The van der Waals surface area contributed by atoms with Crippen molar-refractivity contribution in [1.29, 1.82) is 0 Å². The van der Waals surface area contributed by atoms with Gasteiger partial charge in [0.05, 0.1) is 33.0 Å². The highest BCUT2D eigenvalue weighted by Crippen LogP contribution is 2.37. The van der Waals surface area contributed by atoms with E-state index in [0.29, 0.717) is 11.4 Å². The van der Waals surface area contributed by atoms with E-state index < -0.39 is 15.4 Å². The van der Waals surface area contributed by atoms with Crippen LogP contribution in [0.3, 0.4) is 0 Å². The lowest BCUT2D eigenvalue weighted by Gasteiger charge is -2.23. The molecule has 10 heteroatoms. The Balaban J connectivity index is 1.48. The lowest BCUT2D eigenvalue weighted by Crippen LogP contribution is -2.47. The van der Waals surface area contributed by atoms with Crippen molar-refractivity contribution in [2.75, 3.05) is 17.3 Å². The summed E-state index contributed by atoms with van der Waals surface area (Å²) in [6.07, 6.45) is 1.94. The predicted molar refractivity (Wildman–Crippen MR) is 118 cm³/mol. The lowest BCUT2D eigenvalue weighted by molar-refractivity contribution is -0.120. The molecule has 152 valence electrons. The van der Waals surface area contributed by atoms with Gasteiger partial charge in [-0.3, -0.25) is 4.79 Å². The van der Waals surface area contributed by atoms with Crippen LogP contribution in [-0.4, -0.2) is 47.1 Å². The smallest absolute Gasteiger partial charge is 0.230 e. The van der Waals surface area contributed by atoms with Crippen LogP contribution >= 0.6 is 34.7 Å². The first kappa shape index (κ1) is 20.6. The fourth-order valence-corrected chi connectivity index (χ4v) is 7.53. The average molecular weight is 468 g/mol. The molecule has 29 heavy (non-hydrogen) atoms. The van der Waals surface area contributed by atoms with Crippen LogP contribution in [-0.2, 0) is 14.6 Å². The van der Waals surface area contributed by atoms with Gasteiger partial charge in [-0.1, -0.05) is 35.5 Å². The van der Waals surface area contributed by atoms with Crippen LogP contribution in [0.2, 0.25) is 5.02 Å². The van der Waals surface area contributed by atoms with Crippen LogP contribution in [0.15, 0.2) is 41.7 Å². The van der Waals surface area contributed by atoms with E-state index in [9.17, 15) is 13.2 Å². The van der Waals surface area contributed by atoms with Crippen molar-refractivity contribution in [2.24, 2.45) is 0 Å². The number of hydrogen-bond acceptors (Lipinski definition) is 7. The number of carbonyl (C=O) groups excluding carboxylic acids is 1. The molecule has 1 fully saturated rings. The average Bonchev–Trinajstić information content (AvgIpc) is 3.21. The maximum atomic E-state index is 12.4. The van der Waals surface area contributed by atoms with Gasteiger partial charge in [0, 0.05) is 9.90 Å². The molecular formula is C19H18ClN3O3S3. The van der Waals surface area contributed by atoms with Crippen LogP contribution < -0.4 is 5.32 Å². The third-order valence-corrected chi connectivity index (χ3v) is 9.15. The Morgan fingerprint density at radius 3 is 2.76 bits per heavy atom. The van der Waals surface area contributed by atoms with Crippen molar-refractivity contribution < 1.29 is 13.2 Å². The number of benzene rings is 1. The van der Waals surface area contributed by atoms with Crippen molar-refractivity contribution in [3.63, 3.8) is 0 Å². The van der Waals surface area contributed by atoms with E-state index in [1.54, 1.807) is 18.3 Å². The fraction of sp³-hybridized carbons (Fsp3) is 0.316. The second-order valence-corrected chi connectivity index (χ2v) is 11.9. The third-order valence-electron chi connectivity index (χ3n) is 4.69. The Labute approximate surface area is 182 Å². The Hall–Kier alpha value is -1.68. The number of nitrogens with zero attached hydrogens (tertiary/aromatic N) is 2. The molecule has 4 rings (SSSR count). The summed E-state index contributed by atoms with van der Waals surface area (Å²) in [6, 6.07) is 9.60. The minimum Gasteiger partial charge on any atom is -0.349 e. The molecule has 1 aromatic carbocycles. The number of halogens is 1. The highest BCUT2D eigenvalue weighted by Gasteiger charge is 2.39. The Morgan fingerprint density at radius 1 is 1.31 bits per heavy atom. The second-order valence-electron chi connectivity index (χ2n) is 7.25. The summed E-state index contributed by atoms with van der Waals surface area (Å²) in [5.74, 6) is 0.0711. The van der Waals surface area contributed by atoms with E-state index in [-0.39, 0.29) is 23.2 Å². The predicted octanol–water partition coefficient (Wildman–Crippen LogP) is 3.80. The van der Waals surface area contributed by atoms with Gasteiger partial charge < -0.3 is 5.32 Å². The number of thioether (sulfide) groups is 1. The number of rotatable bonds is 5. The molecule has 0 spiro atoms. The number of sulfone groups is 1. The monoisotopic (exact) mass is 467 g/mol. The van der Waals surface area contributed by atoms with Crippen LogP contribution in [0.5, 0.6) is 0 Å². The van der Waals surface area contributed by atoms with Gasteiger partial charge in [-0.25, -0.2) is 18.4 Å². The quantitative estimate of drug-likeness (QED) is 0.453. The summed E-state index contributed by atoms with van der Waals surface area (Å²) < 4.78 is 24.3. The molecule has 0 bridgehead atoms. The molecule has 6 nitrogen and oxygen atoms in total. The van der Waals surface area contributed by atoms with E-state index in [0.717, 1.165) is 25.7 Å². The number of amides is 1. The molecule has 1 aliphatic rings. The first-order valence-electron chi connectivity index (χ1n) is 8.88. The van der Waals surface area contributed by atoms with E-state index in [4.69, 9.17) is 11.6 Å². The van der Waals surface area contributed by atoms with Gasteiger partial charge in [0.15, 0.2) is 9.84 Å². The minimum absolute atomic E-state index is 0.0104. The van der Waals surface area contributed by atoms with E-state index in [1.807, 2.05) is 30.3 Å². The maximum Gasteiger partial charge on any atom is 0.230 e. The highest BCUT2D eigenvalue weighted by atomic mass is 35.5. The van der Waals surface area contributed by atoms with Crippen LogP contribution in [0.4, 0.5) is 0 Å². The molecule has 2 aromatic heterocycles. The highest BCUT2D eigenvalue weighted by molar-refractivity contribution is 8.00. The number of hydrogen-bond donors (Lipinski definition) is 1. The van der Waals surface area contributed by atoms with Crippen molar-refractivity contribution in [3.05, 3.63) is 41.7 Å². The standard InChI is InChI=1S/C19H18ClN3O3S3/c1-19(6-7-29(25,26)10-19)23-16(24)9-27-18-17-14(21-11-22-18)8-15(28-17)12-2-4-13(20)5-3-12/h2-5,8,11H,6-7,9-10H2,1H3,(H,23,24)/t19-/m0/s1. The van der Waals surface area contributed by atoms with Gasteiger partial charge in [-0.05, 0) is 37.1 Å². The largest absolute Gasteiger partial charge is 0.349 e. The van der Waals surface area contributed by atoms with Crippen molar-refractivity contribution >= 4 is 60.7 Å². The van der Waals surface area contributed by atoms with Gasteiger partial charge in [0.25, 0.3) is 0 Å². The zero-order chi connectivity index (χ0) is 20.6. The number of aromatic nitrogens is 2. The fourth-order valence-electron chi connectivity index (χ4n) is 3.31. The molecule has 0 saturated carbocycles. The molecular weight excluding hydrogens is 450 g/mol. The normalized spacial score (nSPS) is 20.8. The van der Waals surface area contributed by atoms with Crippen molar-refractivity contribution in [1.82, 2.24) is 15.3 Å². The SMILES string of the molecule is C[C@]1(NC(=O)CSc2ncnc3cc(-c4ccc(Cl)cc4)sc23)CCS(=O)(=O)C1. The molecule has 1 aliphatic heterocycles. The summed E-state index contributed by atoms with van der Waals surface area (Å²) in [5, 5.41) is 4.29. The van der Waals surface area contributed by atoms with E-state index in [1.165, 1.54) is 18.1 Å². The zero-order valence-electron chi connectivity index (χ0n) is 15.5. The number of thiophene rings is 1. The van der Waals surface area contributed by atoms with Gasteiger partial charge in [-0.15, -0.1) is 11.3 Å². The Morgan fingerprint density at radius 2 is 2.07 bits per heavy atom. The summed E-state index contributed by atoms with van der Waals surface area (Å²) in [4.78, 5) is 22.1. The molecule has 0 aliphatic carbocycles. The molecule has 0 radical (unpaired) electrons.